The van der Waals surface area contributed by atoms with Crippen LogP contribution in [-0.4, -0.2) is 36.1 Å². The van der Waals surface area contributed by atoms with Gasteiger partial charge in [-0.1, -0.05) is 0 Å². The zero-order chi connectivity index (χ0) is 13.4. The minimum atomic E-state index is 0.0828. The molecule has 2 bridgehead atoms. The summed E-state index contributed by atoms with van der Waals surface area (Å²) in [5.41, 5.74) is 7.58. The summed E-state index contributed by atoms with van der Waals surface area (Å²) in [6.45, 7) is 0. The first kappa shape index (κ1) is 12.9. The van der Waals surface area contributed by atoms with Crippen LogP contribution in [0.4, 0.5) is 0 Å². The number of ether oxygens (including phenoxy) is 1. The number of nitrogens with zero attached hydrogens (tertiary/aromatic N) is 2. The predicted molar refractivity (Wildman–Crippen MR) is 75.0 cm³/mol. The van der Waals surface area contributed by atoms with E-state index < -0.39 is 0 Å². The number of piperidine rings is 1. The molecule has 0 aliphatic carbocycles. The number of pyridine rings is 1. The van der Waals surface area contributed by atoms with Gasteiger partial charge in [0.1, 0.15) is 5.75 Å². The third-order valence-corrected chi connectivity index (χ3v) is 5.00. The van der Waals surface area contributed by atoms with E-state index in [1.807, 2.05) is 12.3 Å². The fourth-order valence-electron chi connectivity index (χ4n) is 3.75. The summed E-state index contributed by atoms with van der Waals surface area (Å²) >= 11 is 0. The molecule has 1 aromatic rings. The maximum Gasteiger partial charge on any atom is 0.137 e. The van der Waals surface area contributed by atoms with Gasteiger partial charge >= 0.3 is 0 Å². The van der Waals surface area contributed by atoms with Crippen LogP contribution in [0.1, 0.15) is 37.3 Å². The molecule has 2 aliphatic rings. The van der Waals surface area contributed by atoms with Gasteiger partial charge in [-0.15, -0.1) is 0 Å². The van der Waals surface area contributed by atoms with Gasteiger partial charge in [-0.05, 0) is 50.3 Å². The highest BCUT2D eigenvalue weighted by Crippen LogP contribution is 2.41. The molecule has 2 fully saturated rings. The van der Waals surface area contributed by atoms with Gasteiger partial charge in [-0.2, -0.15) is 0 Å². The standard InChI is InChI=1S/C15H23N3O/c1-18-12-3-4-13(18)6-10(5-12)15(16)11-7-14(19-2)9-17-8-11/h7-10,12-13,15H,3-6,16H2,1-2H3. The van der Waals surface area contributed by atoms with Gasteiger partial charge in [-0.25, -0.2) is 0 Å². The normalized spacial score (nSPS) is 32.3. The zero-order valence-corrected chi connectivity index (χ0v) is 11.7. The third kappa shape index (κ3) is 2.35. The maximum absolute atomic E-state index is 6.48. The van der Waals surface area contributed by atoms with Crippen LogP contribution in [-0.2, 0) is 0 Å². The Kier molecular flexibility index (Phi) is 3.46. The number of hydrogen-bond acceptors (Lipinski definition) is 4. The summed E-state index contributed by atoms with van der Waals surface area (Å²) in [6, 6.07) is 3.57. The maximum atomic E-state index is 6.48. The van der Waals surface area contributed by atoms with Crippen molar-refractivity contribution in [3.8, 4) is 5.75 Å². The lowest BCUT2D eigenvalue weighted by Gasteiger charge is -2.38. The van der Waals surface area contributed by atoms with E-state index in [0.717, 1.165) is 23.4 Å². The molecule has 0 aromatic carbocycles. The van der Waals surface area contributed by atoms with Gasteiger partial charge in [0.05, 0.1) is 13.3 Å². The lowest BCUT2D eigenvalue weighted by molar-refractivity contribution is 0.120. The van der Waals surface area contributed by atoms with E-state index in [4.69, 9.17) is 10.5 Å². The first-order valence-electron chi connectivity index (χ1n) is 7.15. The summed E-state index contributed by atoms with van der Waals surface area (Å²) in [4.78, 5) is 6.77. The molecule has 3 rings (SSSR count). The van der Waals surface area contributed by atoms with E-state index in [-0.39, 0.29) is 6.04 Å². The van der Waals surface area contributed by atoms with Crippen molar-refractivity contribution in [1.29, 1.82) is 0 Å². The second-order valence-corrected chi connectivity index (χ2v) is 5.97. The Hall–Kier alpha value is -1.13. The van der Waals surface area contributed by atoms with Crippen LogP contribution in [0.25, 0.3) is 0 Å². The number of fused-ring (bicyclic) bond motifs is 2. The molecular formula is C15H23N3O. The Morgan fingerprint density at radius 1 is 1.32 bits per heavy atom. The fraction of sp³-hybridized carbons (Fsp3) is 0.667. The topological polar surface area (TPSA) is 51.4 Å². The van der Waals surface area contributed by atoms with E-state index >= 15 is 0 Å². The third-order valence-electron chi connectivity index (χ3n) is 5.00. The summed E-state index contributed by atoms with van der Waals surface area (Å²) in [6.07, 6.45) is 8.71. The van der Waals surface area contributed by atoms with Crippen molar-refractivity contribution in [2.24, 2.45) is 11.7 Å². The average Bonchev–Trinajstić information content (AvgIpc) is 2.68. The summed E-state index contributed by atoms with van der Waals surface area (Å²) < 4.78 is 5.24. The Morgan fingerprint density at radius 2 is 2.00 bits per heavy atom. The summed E-state index contributed by atoms with van der Waals surface area (Å²) in [5.74, 6) is 1.37. The molecule has 2 saturated heterocycles. The van der Waals surface area contributed by atoms with E-state index in [1.165, 1.54) is 25.7 Å². The highest BCUT2D eigenvalue weighted by Gasteiger charge is 2.40. The second-order valence-electron chi connectivity index (χ2n) is 5.97. The van der Waals surface area contributed by atoms with Crippen molar-refractivity contribution in [1.82, 2.24) is 9.88 Å². The van der Waals surface area contributed by atoms with Crippen molar-refractivity contribution in [2.75, 3.05) is 14.2 Å². The molecule has 0 spiro atoms. The van der Waals surface area contributed by atoms with E-state index in [0.29, 0.717) is 5.92 Å². The first-order chi connectivity index (χ1) is 9.19. The van der Waals surface area contributed by atoms with E-state index in [2.05, 4.69) is 16.9 Å². The zero-order valence-electron chi connectivity index (χ0n) is 11.7. The Labute approximate surface area is 115 Å². The van der Waals surface area contributed by atoms with Crippen molar-refractivity contribution in [2.45, 2.75) is 43.8 Å². The highest BCUT2D eigenvalue weighted by atomic mass is 16.5. The number of rotatable bonds is 3. The number of methoxy groups -OCH3 is 1. The molecule has 3 atom stereocenters. The Morgan fingerprint density at radius 3 is 2.63 bits per heavy atom. The van der Waals surface area contributed by atoms with Gasteiger partial charge in [0.25, 0.3) is 0 Å². The van der Waals surface area contributed by atoms with Crippen LogP contribution in [0.5, 0.6) is 5.75 Å². The largest absolute Gasteiger partial charge is 0.495 e. The molecule has 1 aromatic heterocycles. The van der Waals surface area contributed by atoms with Crippen LogP contribution < -0.4 is 10.5 Å². The molecule has 0 amide bonds. The van der Waals surface area contributed by atoms with Crippen molar-refractivity contribution in [3.05, 3.63) is 24.0 Å². The monoisotopic (exact) mass is 261 g/mol. The number of nitrogens with two attached hydrogens (primary N) is 1. The van der Waals surface area contributed by atoms with Gasteiger partial charge in [0, 0.05) is 24.3 Å². The minimum absolute atomic E-state index is 0.0828. The quantitative estimate of drug-likeness (QED) is 0.903. The van der Waals surface area contributed by atoms with E-state index in [1.54, 1.807) is 13.3 Å². The molecule has 4 heteroatoms. The molecule has 3 heterocycles. The first-order valence-corrected chi connectivity index (χ1v) is 7.15. The second kappa shape index (κ2) is 5.10. The Balaban J connectivity index is 1.75. The summed E-state index contributed by atoms with van der Waals surface area (Å²) in [7, 11) is 3.93. The van der Waals surface area contributed by atoms with Crippen LogP contribution in [0.15, 0.2) is 18.5 Å². The molecule has 4 nitrogen and oxygen atoms in total. The van der Waals surface area contributed by atoms with Crippen molar-refractivity contribution < 1.29 is 4.74 Å². The molecular weight excluding hydrogens is 238 g/mol. The van der Waals surface area contributed by atoms with Crippen LogP contribution in [0, 0.1) is 5.92 Å². The van der Waals surface area contributed by atoms with Crippen LogP contribution in [0.3, 0.4) is 0 Å². The lowest BCUT2D eigenvalue weighted by atomic mass is 9.83. The van der Waals surface area contributed by atoms with Gasteiger partial charge < -0.3 is 15.4 Å². The smallest absolute Gasteiger partial charge is 0.137 e. The average molecular weight is 261 g/mol. The minimum Gasteiger partial charge on any atom is -0.495 e. The highest BCUT2D eigenvalue weighted by molar-refractivity contribution is 5.26. The molecule has 2 aliphatic heterocycles. The molecule has 0 radical (unpaired) electrons. The van der Waals surface area contributed by atoms with Crippen molar-refractivity contribution in [3.63, 3.8) is 0 Å². The number of aromatic nitrogens is 1. The molecule has 0 saturated carbocycles. The van der Waals surface area contributed by atoms with Crippen LogP contribution in [0.2, 0.25) is 0 Å². The number of hydrogen-bond donors (Lipinski definition) is 1. The Bertz CT molecular complexity index is 437. The SMILES string of the molecule is COc1cncc(C(N)C2CC3CCC(C2)N3C)c1. The molecule has 3 unspecified atom stereocenters. The van der Waals surface area contributed by atoms with Gasteiger partial charge in [0.2, 0.25) is 0 Å². The summed E-state index contributed by atoms with van der Waals surface area (Å²) in [5, 5.41) is 0. The van der Waals surface area contributed by atoms with Gasteiger partial charge in [-0.3, -0.25) is 4.98 Å². The van der Waals surface area contributed by atoms with Gasteiger partial charge in [0.15, 0.2) is 0 Å². The molecule has 104 valence electrons. The molecule has 2 N–H and O–H groups in total. The van der Waals surface area contributed by atoms with Crippen molar-refractivity contribution >= 4 is 0 Å². The van der Waals surface area contributed by atoms with E-state index in [9.17, 15) is 0 Å². The predicted octanol–water partition coefficient (Wildman–Crippen LogP) is 1.96. The fourth-order valence-corrected chi connectivity index (χ4v) is 3.75. The van der Waals surface area contributed by atoms with Crippen LogP contribution >= 0.6 is 0 Å². The lowest BCUT2D eigenvalue weighted by Crippen LogP contribution is -2.42. The molecule has 19 heavy (non-hydrogen) atoms.